The molecule has 0 radical (unpaired) electrons. The third-order valence-electron chi connectivity index (χ3n) is 5.06. The molecule has 0 bridgehead atoms. The maximum Gasteiger partial charge on any atom is 0.206 e. The Kier molecular flexibility index (Phi) is 6.66. The van der Waals surface area contributed by atoms with Crippen LogP contribution in [0.25, 0.3) is 0 Å². The number of rotatable bonds is 6. The van der Waals surface area contributed by atoms with Crippen LogP contribution in [0.2, 0.25) is 0 Å². The fraction of sp³-hybridized carbons (Fsp3) is 0.455. The van der Waals surface area contributed by atoms with Gasteiger partial charge in [0.2, 0.25) is 5.78 Å². The van der Waals surface area contributed by atoms with E-state index in [4.69, 9.17) is 16.3 Å². The average molecular weight is 391 g/mol. The van der Waals surface area contributed by atoms with E-state index in [1.807, 2.05) is 19.1 Å². The summed E-state index contributed by atoms with van der Waals surface area (Å²) < 4.78 is 5.68. The van der Waals surface area contributed by atoms with Gasteiger partial charge in [0, 0.05) is 23.5 Å². The van der Waals surface area contributed by atoms with Crippen molar-refractivity contribution in [3.63, 3.8) is 0 Å². The van der Waals surface area contributed by atoms with Crippen molar-refractivity contribution >= 4 is 23.2 Å². The molecule has 0 fully saturated rings. The first-order chi connectivity index (χ1) is 12.6. The molecule has 2 aliphatic rings. The van der Waals surface area contributed by atoms with Crippen LogP contribution < -0.4 is 0 Å². The fourth-order valence-electron chi connectivity index (χ4n) is 3.24. The lowest BCUT2D eigenvalue weighted by molar-refractivity contribution is -0.137. The zero-order valence-corrected chi connectivity index (χ0v) is 17.3. The predicted octanol–water partition coefficient (Wildman–Crippen LogP) is 4.75. The maximum atomic E-state index is 12.5. The quantitative estimate of drug-likeness (QED) is 0.664. The van der Waals surface area contributed by atoms with Gasteiger partial charge in [-0.3, -0.25) is 4.79 Å². The van der Waals surface area contributed by atoms with Crippen molar-refractivity contribution in [2.45, 2.75) is 53.1 Å². The van der Waals surface area contributed by atoms with Crippen molar-refractivity contribution in [2.75, 3.05) is 0 Å². The molecule has 3 atom stereocenters. The van der Waals surface area contributed by atoms with Crippen LogP contribution in [0, 0.1) is 11.8 Å². The average Bonchev–Trinajstić information content (AvgIpc) is 2.61. The van der Waals surface area contributed by atoms with E-state index >= 15 is 0 Å². The molecule has 0 amide bonds. The second kappa shape index (κ2) is 8.41. The summed E-state index contributed by atoms with van der Waals surface area (Å²) in [5.74, 6) is -0.345. The van der Waals surface area contributed by atoms with Gasteiger partial charge in [-0.2, -0.15) is 0 Å². The highest BCUT2D eigenvalue weighted by atomic mass is 35.5. The molecular weight excluding hydrogens is 364 g/mol. The molecule has 5 heteroatoms. The Morgan fingerprint density at radius 1 is 1.44 bits per heavy atom. The molecule has 0 saturated carbocycles. The SMILES string of the molecule is CCC(C)/C=C(C)\C=C\C1=CC2=C(Cl)C(=O)C(C)(O)C(CC(C)=O)C2=CO1. The minimum absolute atomic E-state index is 0.0351. The van der Waals surface area contributed by atoms with Gasteiger partial charge in [-0.05, 0) is 38.8 Å². The first-order valence-corrected chi connectivity index (χ1v) is 9.57. The van der Waals surface area contributed by atoms with Crippen LogP contribution in [0.3, 0.4) is 0 Å². The lowest BCUT2D eigenvalue weighted by Gasteiger charge is -2.38. The van der Waals surface area contributed by atoms with Crippen molar-refractivity contribution in [3.8, 4) is 0 Å². The Morgan fingerprint density at radius 2 is 2.11 bits per heavy atom. The van der Waals surface area contributed by atoms with Gasteiger partial charge in [0.25, 0.3) is 0 Å². The van der Waals surface area contributed by atoms with Gasteiger partial charge in [0.1, 0.15) is 17.1 Å². The van der Waals surface area contributed by atoms with Gasteiger partial charge in [-0.15, -0.1) is 0 Å². The number of carbonyl (C=O) groups is 2. The largest absolute Gasteiger partial charge is 0.465 e. The molecule has 1 N–H and O–H groups in total. The van der Waals surface area contributed by atoms with Crippen LogP contribution in [0.15, 0.2) is 58.1 Å². The van der Waals surface area contributed by atoms with Crippen molar-refractivity contribution < 1.29 is 19.4 Å². The standard InChI is InChI=1S/C22H27ClO4/c1-6-13(2)9-14(3)7-8-16-11-17-18(12-27-16)19(10-15(4)24)22(5,26)21(25)20(17)23/h7-9,11-13,19,26H,6,10H2,1-5H3/b8-7+,14-9-. The van der Waals surface area contributed by atoms with Gasteiger partial charge >= 0.3 is 0 Å². The maximum absolute atomic E-state index is 12.5. The summed E-state index contributed by atoms with van der Waals surface area (Å²) in [6, 6.07) is 0. The highest BCUT2D eigenvalue weighted by Gasteiger charge is 2.48. The number of ketones is 2. The van der Waals surface area contributed by atoms with Gasteiger partial charge in [-0.1, -0.05) is 49.6 Å². The van der Waals surface area contributed by atoms with E-state index in [2.05, 4.69) is 19.9 Å². The predicted molar refractivity (Wildman–Crippen MR) is 107 cm³/mol. The third-order valence-corrected chi connectivity index (χ3v) is 5.44. The Balaban J connectivity index is 2.36. The zero-order chi connectivity index (χ0) is 20.4. The minimum Gasteiger partial charge on any atom is -0.465 e. The van der Waals surface area contributed by atoms with Crippen LogP contribution in [-0.2, 0) is 14.3 Å². The highest BCUT2D eigenvalue weighted by Crippen LogP contribution is 2.44. The Labute approximate surface area is 165 Å². The summed E-state index contributed by atoms with van der Waals surface area (Å²) in [4.78, 5) is 24.2. The number of aliphatic hydroxyl groups is 1. The Bertz CT molecular complexity index is 793. The number of Topliss-reactive ketones (excluding diaryl/α,β-unsaturated/α-hetero) is 2. The summed E-state index contributed by atoms with van der Waals surface area (Å²) in [5.41, 5.74) is 0.455. The van der Waals surface area contributed by atoms with E-state index < -0.39 is 17.3 Å². The summed E-state index contributed by atoms with van der Waals surface area (Å²) in [6.45, 7) is 9.13. The van der Waals surface area contributed by atoms with Gasteiger partial charge in [0.05, 0.1) is 11.3 Å². The molecule has 1 aliphatic heterocycles. The summed E-state index contributed by atoms with van der Waals surface area (Å²) in [7, 11) is 0. The lowest BCUT2D eigenvalue weighted by atomic mass is 9.70. The monoisotopic (exact) mass is 390 g/mol. The second-order valence-electron chi connectivity index (χ2n) is 7.53. The van der Waals surface area contributed by atoms with E-state index in [1.54, 1.807) is 6.08 Å². The van der Waals surface area contributed by atoms with Gasteiger partial charge in [0.15, 0.2) is 0 Å². The number of hydrogen-bond acceptors (Lipinski definition) is 4. The highest BCUT2D eigenvalue weighted by molar-refractivity contribution is 6.45. The summed E-state index contributed by atoms with van der Waals surface area (Å²) >= 11 is 6.25. The van der Waals surface area contributed by atoms with E-state index in [9.17, 15) is 14.7 Å². The van der Waals surface area contributed by atoms with Crippen molar-refractivity contribution in [3.05, 3.63) is 58.1 Å². The van der Waals surface area contributed by atoms with Gasteiger partial charge < -0.3 is 14.6 Å². The molecule has 4 nitrogen and oxygen atoms in total. The van der Waals surface area contributed by atoms with Crippen molar-refractivity contribution in [1.82, 2.24) is 0 Å². The molecular formula is C22H27ClO4. The molecule has 3 unspecified atom stereocenters. The molecule has 0 aromatic carbocycles. The van der Waals surface area contributed by atoms with E-state index in [0.29, 0.717) is 22.8 Å². The smallest absolute Gasteiger partial charge is 0.206 e. The number of ether oxygens (including phenoxy) is 1. The number of hydrogen-bond donors (Lipinski definition) is 1. The topological polar surface area (TPSA) is 63.6 Å². The first kappa shape index (κ1) is 21.4. The van der Waals surface area contributed by atoms with Crippen molar-refractivity contribution in [1.29, 1.82) is 0 Å². The van der Waals surface area contributed by atoms with Gasteiger partial charge in [-0.25, -0.2) is 0 Å². The van der Waals surface area contributed by atoms with Crippen molar-refractivity contribution in [2.24, 2.45) is 11.8 Å². The zero-order valence-electron chi connectivity index (χ0n) is 16.5. The number of allylic oxidation sites excluding steroid dienone is 6. The summed E-state index contributed by atoms with van der Waals surface area (Å²) in [5, 5.41) is 10.6. The molecule has 0 spiro atoms. The van der Waals surface area contributed by atoms with Crippen LogP contribution >= 0.6 is 11.6 Å². The Morgan fingerprint density at radius 3 is 2.70 bits per heavy atom. The van der Waals surface area contributed by atoms with E-state index in [1.165, 1.54) is 20.1 Å². The lowest BCUT2D eigenvalue weighted by Crippen LogP contribution is -2.48. The van der Waals surface area contributed by atoms with Crippen LogP contribution in [0.4, 0.5) is 0 Å². The number of fused-ring (bicyclic) bond motifs is 1. The molecule has 146 valence electrons. The number of halogens is 1. The van der Waals surface area contributed by atoms with Crippen LogP contribution in [0.1, 0.15) is 47.5 Å². The van der Waals surface area contributed by atoms with E-state index in [0.717, 1.165) is 12.0 Å². The second-order valence-corrected chi connectivity index (χ2v) is 7.91. The molecule has 27 heavy (non-hydrogen) atoms. The normalized spacial score (nSPS) is 27.1. The van der Waals surface area contributed by atoms with E-state index in [-0.39, 0.29) is 17.2 Å². The minimum atomic E-state index is -1.74. The number of carbonyl (C=O) groups excluding carboxylic acids is 2. The molecule has 0 aromatic heterocycles. The third kappa shape index (κ3) is 4.69. The molecule has 1 aliphatic carbocycles. The van der Waals surface area contributed by atoms with Crippen LogP contribution in [-0.4, -0.2) is 22.3 Å². The Hall–Kier alpha value is -1.91. The molecule has 0 aromatic rings. The van der Waals surface area contributed by atoms with Crippen LogP contribution in [0.5, 0.6) is 0 Å². The molecule has 0 saturated heterocycles. The molecule has 1 heterocycles. The summed E-state index contributed by atoms with van der Waals surface area (Å²) in [6.07, 6.45) is 10.2. The molecule has 2 rings (SSSR count). The fourth-order valence-corrected chi connectivity index (χ4v) is 3.59. The first-order valence-electron chi connectivity index (χ1n) is 9.19.